The number of nitrogens with one attached hydrogen (secondary N) is 1. The summed E-state index contributed by atoms with van der Waals surface area (Å²) in [6.45, 7) is -1.09. The number of carbonyl (C=O) groups excluding carboxylic acids is 2. The summed E-state index contributed by atoms with van der Waals surface area (Å²) in [4.78, 5) is 28.1. The highest BCUT2D eigenvalue weighted by Crippen LogP contribution is 2.37. The summed E-state index contributed by atoms with van der Waals surface area (Å²) in [5.74, 6) is -1.39. The fourth-order valence-electron chi connectivity index (χ4n) is 4.05. The van der Waals surface area contributed by atoms with Crippen molar-refractivity contribution in [1.82, 2.24) is 10.2 Å². The molecule has 2 amide bonds. The average Bonchev–Trinajstić information content (AvgIpc) is 2.90. The number of benzene rings is 3. The van der Waals surface area contributed by atoms with Gasteiger partial charge < -0.3 is 10.2 Å². The smallest absolute Gasteiger partial charge is 0.357 e. The molecule has 3 aromatic rings. The predicted octanol–water partition coefficient (Wildman–Crippen LogP) is 5.82. The third-order valence-electron chi connectivity index (χ3n) is 6.08. The Kier molecular flexibility index (Phi) is 10.6. The van der Waals surface area contributed by atoms with Gasteiger partial charge in [-0.05, 0) is 41.5 Å². The molecule has 0 bridgehead atoms. The number of anilines is 1. The minimum absolute atomic E-state index is 0.0611. The maximum atomic E-state index is 13.9. The molecule has 0 aliphatic heterocycles. The Morgan fingerprint density at radius 1 is 0.902 bits per heavy atom. The molecule has 0 saturated carbocycles. The van der Waals surface area contributed by atoms with Crippen LogP contribution in [0.25, 0.3) is 0 Å². The van der Waals surface area contributed by atoms with Gasteiger partial charge in [0, 0.05) is 20.0 Å². The quantitative estimate of drug-likeness (QED) is 0.300. The standard InChI is InChI=1S/C27H25Cl3F3N3O4S/c1-34-26(38)24(13-17-6-4-3-5-7-17)35(15-18-8-10-22(29)23(30)12-18)25(37)16-36(41(2,39)40)19-9-11-21(28)20(14-19)27(31,32)33/h3-12,14,24H,13,15-16H2,1-2H3,(H,34,38)/t24-/m1/s1. The largest absolute Gasteiger partial charge is 0.417 e. The van der Waals surface area contributed by atoms with Crippen molar-refractivity contribution in [2.75, 3.05) is 24.2 Å². The van der Waals surface area contributed by atoms with Gasteiger partial charge in [-0.25, -0.2) is 8.42 Å². The number of amides is 2. The second-order valence-electron chi connectivity index (χ2n) is 9.02. The molecule has 220 valence electrons. The first kappa shape index (κ1) is 32.5. The molecule has 0 fully saturated rings. The van der Waals surface area contributed by atoms with Gasteiger partial charge in [-0.3, -0.25) is 13.9 Å². The van der Waals surface area contributed by atoms with Gasteiger partial charge in [0.15, 0.2) is 0 Å². The molecule has 0 saturated heterocycles. The van der Waals surface area contributed by atoms with Gasteiger partial charge in [0.1, 0.15) is 12.6 Å². The SMILES string of the molecule is CNC(=O)[C@@H](Cc1ccccc1)N(Cc1ccc(Cl)c(Cl)c1)C(=O)CN(c1ccc(Cl)c(C(F)(F)F)c1)S(C)(=O)=O. The first-order valence-corrected chi connectivity index (χ1v) is 14.9. The molecule has 1 atom stereocenters. The molecule has 41 heavy (non-hydrogen) atoms. The first-order chi connectivity index (χ1) is 19.1. The van der Waals surface area contributed by atoms with Crippen LogP contribution in [-0.2, 0) is 38.8 Å². The highest BCUT2D eigenvalue weighted by molar-refractivity contribution is 7.92. The van der Waals surface area contributed by atoms with Crippen molar-refractivity contribution in [3.63, 3.8) is 0 Å². The monoisotopic (exact) mass is 649 g/mol. The van der Waals surface area contributed by atoms with Gasteiger partial charge in [0.05, 0.1) is 32.6 Å². The van der Waals surface area contributed by atoms with Gasteiger partial charge in [0.2, 0.25) is 21.8 Å². The topological polar surface area (TPSA) is 86.8 Å². The zero-order chi connectivity index (χ0) is 30.5. The van der Waals surface area contributed by atoms with E-state index < -0.39 is 56.9 Å². The van der Waals surface area contributed by atoms with Crippen LogP contribution in [0.15, 0.2) is 66.7 Å². The van der Waals surface area contributed by atoms with E-state index in [0.717, 1.165) is 23.3 Å². The maximum absolute atomic E-state index is 13.9. The minimum Gasteiger partial charge on any atom is -0.357 e. The van der Waals surface area contributed by atoms with Crippen molar-refractivity contribution in [2.45, 2.75) is 25.2 Å². The van der Waals surface area contributed by atoms with Crippen molar-refractivity contribution < 1.29 is 31.2 Å². The van der Waals surface area contributed by atoms with E-state index in [1.807, 2.05) is 0 Å². The van der Waals surface area contributed by atoms with E-state index in [1.54, 1.807) is 36.4 Å². The molecule has 0 radical (unpaired) electrons. The first-order valence-electron chi connectivity index (χ1n) is 11.9. The van der Waals surface area contributed by atoms with E-state index >= 15 is 0 Å². The van der Waals surface area contributed by atoms with Gasteiger partial charge >= 0.3 is 6.18 Å². The second kappa shape index (κ2) is 13.3. The molecule has 14 heteroatoms. The number of halogens is 6. The van der Waals surface area contributed by atoms with Crippen molar-refractivity contribution in [3.05, 3.63) is 98.5 Å². The predicted molar refractivity (Wildman–Crippen MR) is 154 cm³/mol. The number of alkyl halides is 3. The Morgan fingerprint density at radius 3 is 2.10 bits per heavy atom. The van der Waals surface area contributed by atoms with Crippen LogP contribution in [0.5, 0.6) is 0 Å². The number of sulfonamides is 1. The molecule has 0 aliphatic carbocycles. The van der Waals surface area contributed by atoms with E-state index in [4.69, 9.17) is 34.8 Å². The third-order valence-corrected chi connectivity index (χ3v) is 8.29. The zero-order valence-corrected chi connectivity index (χ0v) is 24.8. The lowest BCUT2D eigenvalue weighted by Crippen LogP contribution is -2.52. The van der Waals surface area contributed by atoms with Crippen molar-refractivity contribution in [2.24, 2.45) is 0 Å². The van der Waals surface area contributed by atoms with E-state index in [2.05, 4.69) is 5.32 Å². The summed E-state index contributed by atoms with van der Waals surface area (Å²) in [6.07, 6.45) is -4.06. The summed E-state index contributed by atoms with van der Waals surface area (Å²) in [7, 11) is -2.89. The summed E-state index contributed by atoms with van der Waals surface area (Å²) in [5.41, 5.74) is -0.503. The van der Waals surface area contributed by atoms with Gasteiger partial charge in [-0.15, -0.1) is 0 Å². The zero-order valence-electron chi connectivity index (χ0n) is 21.8. The Bertz CT molecular complexity index is 1520. The van der Waals surface area contributed by atoms with Crippen LogP contribution < -0.4 is 9.62 Å². The van der Waals surface area contributed by atoms with Crippen molar-refractivity contribution in [1.29, 1.82) is 0 Å². The molecular formula is C27H25Cl3F3N3O4S. The Morgan fingerprint density at radius 2 is 1.54 bits per heavy atom. The van der Waals surface area contributed by atoms with Gasteiger partial charge in [-0.2, -0.15) is 13.2 Å². The van der Waals surface area contributed by atoms with Crippen LogP contribution >= 0.6 is 34.8 Å². The average molecular weight is 651 g/mol. The van der Waals surface area contributed by atoms with E-state index in [1.165, 1.54) is 19.2 Å². The number of carbonyl (C=O) groups is 2. The molecule has 1 N–H and O–H groups in total. The molecule has 0 aromatic heterocycles. The van der Waals surface area contributed by atoms with E-state index in [-0.39, 0.29) is 23.0 Å². The van der Waals surface area contributed by atoms with Crippen LogP contribution in [0, 0.1) is 0 Å². The number of hydrogen-bond donors (Lipinski definition) is 1. The summed E-state index contributed by atoms with van der Waals surface area (Å²) >= 11 is 17.9. The minimum atomic E-state index is -4.87. The lowest BCUT2D eigenvalue weighted by Gasteiger charge is -2.33. The third kappa shape index (κ3) is 8.51. The van der Waals surface area contributed by atoms with Crippen molar-refractivity contribution >= 4 is 62.3 Å². The molecule has 0 unspecified atom stereocenters. The summed E-state index contributed by atoms with van der Waals surface area (Å²) in [6, 6.07) is 14.8. The van der Waals surface area contributed by atoms with Crippen LogP contribution in [0.4, 0.5) is 18.9 Å². The second-order valence-corrected chi connectivity index (χ2v) is 12.1. The fourth-order valence-corrected chi connectivity index (χ4v) is 5.44. The molecule has 0 aliphatic rings. The molecule has 0 spiro atoms. The fraction of sp³-hybridized carbons (Fsp3) is 0.259. The molecular weight excluding hydrogens is 626 g/mol. The summed E-state index contributed by atoms with van der Waals surface area (Å²) in [5, 5.41) is 2.33. The molecule has 0 heterocycles. The normalized spacial score (nSPS) is 12.5. The Hall–Kier alpha value is -2.99. The summed E-state index contributed by atoms with van der Waals surface area (Å²) < 4.78 is 66.6. The lowest BCUT2D eigenvalue weighted by molar-refractivity contribution is -0.139. The van der Waals surface area contributed by atoms with Crippen LogP contribution in [0.2, 0.25) is 15.1 Å². The van der Waals surface area contributed by atoms with Crippen LogP contribution in [0.1, 0.15) is 16.7 Å². The lowest BCUT2D eigenvalue weighted by atomic mass is 10.0. The van der Waals surface area contributed by atoms with Crippen LogP contribution in [0.3, 0.4) is 0 Å². The number of nitrogens with zero attached hydrogens (tertiary/aromatic N) is 2. The Balaban J connectivity index is 2.09. The van der Waals surface area contributed by atoms with Gasteiger partial charge in [-0.1, -0.05) is 71.2 Å². The van der Waals surface area contributed by atoms with Gasteiger partial charge in [0.25, 0.3) is 0 Å². The maximum Gasteiger partial charge on any atom is 0.417 e. The molecule has 3 rings (SSSR count). The number of hydrogen-bond acceptors (Lipinski definition) is 4. The Labute approximate surface area is 250 Å². The van der Waals surface area contributed by atoms with E-state index in [9.17, 15) is 31.2 Å². The highest BCUT2D eigenvalue weighted by Gasteiger charge is 2.36. The van der Waals surface area contributed by atoms with Crippen LogP contribution in [-0.4, -0.2) is 51.0 Å². The molecule has 7 nitrogen and oxygen atoms in total. The number of likely N-dealkylation sites (N-methyl/N-ethyl adjacent to an activating group) is 1. The highest BCUT2D eigenvalue weighted by atomic mass is 35.5. The number of rotatable bonds is 10. The molecule has 3 aromatic carbocycles. The van der Waals surface area contributed by atoms with E-state index in [0.29, 0.717) is 21.5 Å². The van der Waals surface area contributed by atoms with Crippen molar-refractivity contribution in [3.8, 4) is 0 Å².